The molecule has 144 valence electrons. The molecule has 0 saturated heterocycles. The maximum absolute atomic E-state index is 12.5. The Morgan fingerprint density at radius 1 is 1.29 bits per heavy atom. The van der Waals surface area contributed by atoms with Gasteiger partial charge in [-0.2, -0.15) is 0 Å². The Morgan fingerprint density at radius 2 is 2.14 bits per heavy atom. The second-order valence-corrected chi connectivity index (χ2v) is 7.87. The molecule has 3 aromatic rings. The zero-order chi connectivity index (χ0) is 19.3. The van der Waals surface area contributed by atoms with Crippen molar-refractivity contribution in [1.82, 2.24) is 10.3 Å². The lowest BCUT2D eigenvalue weighted by Gasteiger charge is -2.08. The highest BCUT2D eigenvalue weighted by Gasteiger charge is 2.24. The summed E-state index contributed by atoms with van der Waals surface area (Å²) in [6.07, 6.45) is 3.56. The first kappa shape index (κ1) is 18.6. The number of nitrogens with zero attached hydrogens (tertiary/aromatic N) is 1. The number of aromatic amines is 1. The van der Waals surface area contributed by atoms with Gasteiger partial charge in [0.05, 0.1) is 12.2 Å². The Balaban J connectivity index is 1.31. The highest BCUT2D eigenvalue weighted by atomic mass is 32.2. The number of fused-ring (bicyclic) bond motifs is 1. The number of aliphatic imine (C=N–C) groups is 1. The Morgan fingerprint density at radius 3 is 2.96 bits per heavy atom. The van der Waals surface area contributed by atoms with E-state index in [0.717, 1.165) is 40.3 Å². The summed E-state index contributed by atoms with van der Waals surface area (Å²) in [7, 11) is 1.67. The average Bonchev–Trinajstić information content (AvgIpc) is 3.35. The molecule has 0 saturated carbocycles. The number of thioether (sulfide) groups is 1. The molecule has 0 bridgehead atoms. The van der Waals surface area contributed by atoms with Gasteiger partial charge >= 0.3 is 0 Å². The first-order valence-electron chi connectivity index (χ1n) is 9.38. The number of amides is 1. The van der Waals surface area contributed by atoms with E-state index in [4.69, 9.17) is 4.74 Å². The standard InChI is InChI=1S/C22H23N3O2S/c1-27-17-7-8-19-18(12-17)16(13-24-19)9-10-23-22(26)20-14-28-21(25-20)11-15-5-3-2-4-6-15/h2-8,12-13,20,24H,9-11,14H2,1H3,(H,23,26)/t20-/m0/s1. The predicted octanol–water partition coefficient (Wildman–Crippen LogP) is 3.59. The number of H-pyrrole nitrogens is 1. The highest BCUT2D eigenvalue weighted by Crippen LogP contribution is 2.24. The lowest BCUT2D eigenvalue weighted by Crippen LogP contribution is -2.35. The molecule has 1 aliphatic rings. The molecular weight excluding hydrogens is 370 g/mol. The van der Waals surface area contributed by atoms with Gasteiger partial charge in [0.1, 0.15) is 11.8 Å². The Hall–Kier alpha value is -2.73. The molecule has 1 aliphatic heterocycles. The van der Waals surface area contributed by atoms with Crippen LogP contribution in [0, 0.1) is 0 Å². The minimum atomic E-state index is -0.285. The topological polar surface area (TPSA) is 66.5 Å². The van der Waals surface area contributed by atoms with Gasteiger partial charge in [-0.1, -0.05) is 30.3 Å². The molecular formula is C22H23N3O2S. The number of ether oxygens (including phenoxy) is 1. The molecule has 1 atom stereocenters. The molecule has 28 heavy (non-hydrogen) atoms. The Kier molecular flexibility index (Phi) is 5.67. The lowest BCUT2D eigenvalue weighted by molar-refractivity contribution is -0.121. The number of benzene rings is 2. The smallest absolute Gasteiger partial charge is 0.245 e. The monoisotopic (exact) mass is 393 g/mol. The molecule has 0 unspecified atom stereocenters. The van der Waals surface area contributed by atoms with Crippen LogP contribution in [0.3, 0.4) is 0 Å². The van der Waals surface area contributed by atoms with E-state index in [1.165, 1.54) is 11.1 Å². The molecule has 0 aliphatic carbocycles. The van der Waals surface area contributed by atoms with Crippen LogP contribution >= 0.6 is 11.8 Å². The van der Waals surface area contributed by atoms with Crippen molar-refractivity contribution in [3.8, 4) is 5.75 Å². The number of carbonyl (C=O) groups excluding carboxylic acids is 1. The van der Waals surface area contributed by atoms with Crippen LogP contribution in [0.2, 0.25) is 0 Å². The summed E-state index contributed by atoms with van der Waals surface area (Å²) in [5.41, 5.74) is 3.47. The van der Waals surface area contributed by atoms with Crippen molar-refractivity contribution in [1.29, 1.82) is 0 Å². The molecule has 6 heteroatoms. The molecule has 2 N–H and O–H groups in total. The van der Waals surface area contributed by atoms with Gasteiger partial charge < -0.3 is 15.0 Å². The van der Waals surface area contributed by atoms with E-state index in [-0.39, 0.29) is 11.9 Å². The van der Waals surface area contributed by atoms with Crippen molar-refractivity contribution in [2.75, 3.05) is 19.4 Å². The van der Waals surface area contributed by atoms with Crippen molar-refractivity contribution < 1.29 is 9.53 Å². The second-order valence-electron chi connectivity index (χ2n) is 6.78. The second kappa shape index (κ2) is 8.52. The largest absolute Gasteiger partial charge is 0.497 e. The van der Waals surface area contributed by atoms with Gasteiger partial charge in [0.15, 0.2) is 0 Å². The number of rotatable bonds is 7. The fourth-order valence-electron chi connectivity index (χ4n) is 3.35. The number of methoxy groups -OCH3 is 1. The highest BCUT2D eigenvalue weighted by molar-refractivity contribution is 8.14. The minimum Gasteiger partial charge on any atom is -0.497 e. The molecule has 1 amide bonds. The summed E-state index contributed by atoms with van der Waals surface area (Å²) in [6, 6.07) is 15.9. The van der Waals surface area contributed by atoms with E-state index >= 15 is 0 Å². The lowest BCUT2D eigenvalue weighted by atomic mass is 10.1. The Labute approximate surface area is 168 Å². The summed E-state index contributed by atoms with van der Waals surface area (Å²) in [5, 5.41) is 5.21. The zero-order valence-corrected chi connectivity index (χ0v) is 16.6. The van der Waals surface area contributed by atoms with E-state index in [2.05, 4.69) is 27.4 Å². The van der Waals surface area contributed by atoms with Crippen LogP contribution < -0.4 is 10.1 Å². The van der Waals surface area contributed by atoms with E-state index < -0.39 is 0 Å². The van der Waals surface area contributed by atoms with Gasteiger partial charge in [-0.25, -0.2) is 0 Å². The quantitative estimate of drug-likeness (QED) is 0.645. The molecule has 5 nitrogen and oxygen atoms in total. The summed E-state index contributed by atoms with van der Waals surface area (Å²) in [5.74, 6) is 1.56. The maximum Gasteiger partial charge on any atom is 0.245 e. The van der Waals surface area contributed by atoms with Gasteiger partial charge in [0.2, 0.25) is 5.91 Å². The number of hydrogen-bond acceptors (Lipinski definition) is 4. The van der Waals surface area contributed by atoms with Crippen LogP contribution in [0.5, 0.6) is 5.75 Å². The fourth-order valence-corrected chi connectivity index (χ4v) is 4.40. The van der Waals surface area contributed by atoms with Crippen LogP contribution in [0.25, 0.3) is 10.9 Å². The zero-order valence-electron chi connectivity index (χ0n) is 15.8. The molecule has 2 aromatic carbocycles. The van der Waals surface area contributed by atoms with E-state index in [9.17, 15) is 4.79 Å². The first-order chi connectivity index (χ1) is 13.7. The normalized spacial score (nSPS) is 16.2. The SMILES string of the molecule is COc1ccc2[nH]cc(CCNC(=O)[C@@H]3CSC(Cc4ccccc4)=N3)c2c1. The van der Waals surface area contributed by atoms with Gasteiger partial charge in [-0.3, -0.25) is 9.79 Å². The molecule has 0 fully saturated rings. The molecule has 2 heterocycles. The molecule has 1 aromatic heterocycles. The molecule has 4 rings (SSSR count). The van der Waals surface area contributed by atoms with Gasteiger partial charge in [-0.15, -0.1) is 11.8 Å². The summed E-state index contributed by atoms with van der Waals surface area (Å²) in [4.78, 5) is 20.4. The van der Waals surface area contributed by atoms with Crippen LogP contribution in [0.15, 0.2) is 59.7 Å². The number of hydrogen-bond donors (Lipinski definition) is 2. The number of carbonyl (C=O) groups is 1. The molecule has 0 radical (unpaired) electrons. The van der Waals surface area contributed by atoms with Crippen molar-refractivity contribution in [2.24, 2.45) is 4.99 Å². The summed E-state index contributed by atoms with van der Waals surface area (Å²) < 4.78 is 5.31. The van der Waals surface area contributed by atoms with Gasteiger partial charge in [0.25, 0.3) is 0 Å². The van der Waals surface area contributed by atoms with Crippen LogP contribution in [0.4, 0.5) is 0 Å². The van der Waals surface area contributed by atoms with E-state index in [1.807, 2.05) is 42.6 Å². The predicted molar refractivity (Wildman–Crippen MR) is 115 cm³/mol. The van der Waals surface area contributed by atoms with E-state index in [1.54, 1.807) is 18.9 Å². The van der Waals surface area contributed by atoms with Crippen molar-refractivity contribution in [3.63, 3.8) is 0 Å². The Bertz CT molecular complexity index is 997. The first-order valence-corrected chi connectivity index (χ1v) is 10.4. The summed E-state index contributed by atoms with van der Waals surface area (Å²) >= 11 is 1.68. The molecule has 0 spiro atoms. The number of nitrogens with one attached hydrogen (secondary N) is 2. The average molecular weight is 394 g/mol. The third-order valence-corrected chi connectivity index (χ3v) is 5.94. The minimum absolute atomic E-state index is 0.00739. The van der Waals surface area contributed by atoms with Gasteiger partial charge in [0, 0.05) is 35.8 Å². The van der Waals surface area contributed by atoms with Crippen molar-refractivity contribution in [2.45, 2.75) is 18.9 Å². The maximum atomic E-state index is 12.5. The summed E-state index contributed by atoms with van der Waals surface area (Å²) in [6.45, 7) is 0.591. The number of aromatic nitrogens is 1. The van der Waals surface area contributed by atoms with Crippen LogP contribution in [-0.4, -0.2) is 41.4 Å². The van der Waals surface area contributed by atoms with Crippen molar-refractivity contribution >= 4 is 33.6 Å². The van der Waals surface area contributed by atoms with Gasteiger partial charge in [-0.05, 0) is 35.7 Å². The van der Waals surface area contributed by atoms with E-state index in [0.29, 0.717) is 6.54 Å². The van der Waals surface area contributed by atoms with Crippen LogP contribution in [0.1, 0.15) is 11.1 Å². The third kappa shape index (κ3) is 4.22. The third-order valence-electron chi connectivity index (χ3n) is 4.88. The fraction of sp³-hybridized carbons (Fsp3) is 0.273. The van der Waals surface area contributed by atoms with Crippen molar-refractivity contribution in [3.05, 3.63) is 65.9 Å². The van der Waals surface area contributed by atoms with Crippen LogP contribution in [-0.2, 0) is 17.6 Å².